The second-order valence-electron chi connectivity index (χ2n) is 7.69. The largest absolute Gasteiger partial charge is 0.676 e. The number of hydrogen-bond donors (Lipinski definition) is 0. The van der Waals surface area contributed by atoms with Crippen LogP contribution >= 0.6 is 9.24 Å². The van der Waals surface area contributed by atoms with Crippen molar-refractivity contribution in [1.29, 1.82) is 0 Å². The number of halogens is 5. The molecule has 3 rings (SSSR count). The van der Waals surface area contributed by atoms with Gasteiger partial charge in [-0.1, -0.05) is 61.5 Å². The van der Waals surface area contributed by atoms with E-state index in [4.69, 9.17) is 5.73 Å². The van der Waals surface area contributed by atoms with Crippen molar-refractivity contribution in [3.05, 3.63) is 108 Å². The first-order valence-corrected chi connectivity index (χ1v) is 13.3. The topological polar surface area (TPSA) is 42.3 Å². The minimum atomic E-state index is -4.88. The SMILES string of the molecule is [CH2-]CC.[CH2]=[Os].[NH-]CC(Cc1ccccc1)(c1cccc(OC(F)(F)F)c1)c1cccc(OC(F)(F)P)c1. The zero-order valence-corrected chi connectivity index (χ0v) is 23.9. The number of ether oxygens (including phenoxy) is 2. The molecule has 37 heavy (non-hydrogen) atoms. The van der Waals surface area contributed by atoms with Crippen LogP contribution in [0.3, 0.4) is 0 Å². The standard InChI is InChI=1S/C23H20F5NO2P.C3H7.CH2.Os/c24-22(25,26)30-19-10-4-8-17(12-19)21(15-29,14-16-6-2-1-3-7-16)18-9-5-11-20(13-18)31-23(27,28)32;1-3-2;;/h1-13,29H,14-15,32H2;1,3H2,2H3;1H2;/q2*-1;;. The van der Waals surface area contributed by atoms with E-state index in [0.29, 0.717) is 11.1 Å². The Morgan fingerprint density at radius 1 is 0.838 bits per heavy atom. The third kappa shape index (κ3) is 11.0. The second-order valence-corrected chi connectivity index (χ2v) is 8.36. The first-order chi connectivity index (χ1) is 17.4. The first-order valence-electron chi connectivity index (χ1n) is 11.0. The van der Waals surface area contributed by atoms with Gasteiger partial charge >= 0.3 is 35.4 Å². The molecule has 0 amide bonds. The molecule has 204 valence electrons. The monoisotopic (exact) mass is 717 g/mol. The number of rotatable bonds is 8. The molecule has 0 aliphatic heterocycles. The van der Waals surface area contributed by atoms with Crippen LogP contribution in [-0.4, -0.2) is 23.8 Å². The Balaban J connectivity index is 0.00000127. The molecule has 0 aliphatic rings. The molecule has 0 aliphatic carbocycles. The Morgan fingerprint density at radius 2 is 1.30 bits per heavy atom. The van der Waals surface area contributed by atoms with Gasteiger partial charge in [0.15, 0.2) is 0 Å². The Hall–Kier alpha value is -2.19. The van der Waals surface area contributed by atoms with Gasteiger partial charge in [-0.15, -0.1) is 19.7 Å². The summed E-state index contributed by atoms with van der Waals surface area (Å²) >= 11 is 1.61. The average Bonchev–Trinajstić information content (AvgIpc) is 2.83. The minimum absolute atomic E-state index is 0.129. The van der Waals surface area contributed by atoms with E-state index in [9.17, 15) is 22.0 Å². The molecule has 3 aromatic rings. The van der Waals surface area contributed by atoms with E-state index in [1.165, 1.54) is 45.6 Å². The summed E-state index contributed by atoms with van der Waals surface area (Å²) in [5.74, 6) is -4.05. The Kier molecular flexibility index (Phi) is 13.6. The molecule has 0 aromatic heterocycles. The average molecular weight is 716 g/mol. The summed E-state index contributed by atoms with van der Waals surface area (Å²) in [6.45, 7) is 5.23. The molecular formula is C27H29F5NO2OsP-2. The molecule has 3 aromatic carbocycles. The van der Waals surface area contributed by atoms with Gasteiger partial charge in [0, 0.05) is 5.41 Å². The fourth-order valence-corrected chi connectivity index (χ4v) is 3.72. The summed E-state index contributed by atoms with van der Waals surface area (Å²) in [5, 5.41) is 3.28. The molecule has 0 radical (unpaired) electrons. The molecule has 3 nitrogen and oxygen atoms in total. The normalized spacial score (nSPS) is 12.7. The summed E-state index contributed by atoms with van der Waals surface area (Å²) in [5.41, 5.74) is 8.88. The van der Waals surface area contributed by atoms with Crippen LogP contribution in [0.4, 0.5) is 22.0 Å². The van der Waals surface area contributed by atoms with E-state index in [2.05, 4.69) is 21.5 Å². The molecule has 10 heteroatoms. The van der Waals surface area contributed by atoms with E-state index in [-0.39, 0.29) is 18.7 Å². The van der Waals surface area contributed by atoms with Crippen LogP contribution in [0.1, 0.15) is 30.0 Å². The van der Waals surface area contributed by atoms with Gasteiger partial charge in [0.2, 0.25) is 0 Å². The fourth-order valence-electron chi connectivity index (χ4n) is 3.59. The number of benzene rings is 3. The van der Waals surface area contributed by atoms with Gasteiger partial charge in [0.05, 0.1) is 0 Å². The maximum Gasteiger partial charge on any atom is 0.573 e. The van der Waals surface area contributed by atoms with Crippen molar-refractivity contribution < 1.29 is 49.6 Å². The predicted molar refractivity (Wildman–Crippen MR) is 138 cm³/mol. The number of alkyl halides is 5. The molecule has 0 heterocycles. The fraction of sp³-hybridized carbons (Fsp3) is 0.259. The van der Waals surface area contributed by atoms with E-state index >= 15 is 0 Å². The van der Waals surface area contributed by atoms with Gasteiger partial charge in [-0.3, -0.25) is 0 Å². The van der Waals surface area contributed by atoms with Gasteiger partial charge < -0.3 is 22.1 Å². The van der Waals surface area contributed by atoms with Crippen LogP contribution in [0.2, 0.25) is 0 Å². The molecule has 2 atom stereocenters. The smallest absolute Gasteiger partial charge is 0.573 e. The van der Waals surface area contributed by atoms with Crippen LogP contribution in [0.15, 0.2) is 78.9 Å². The van der Waals surface area contributed by atoms with Crippen molar-refractivity contribution in [2.75, 3.05) is 6.54 Å². The maximum absolute atomic E-state index is 13.4. The molecule has 1 N–H and O–H groups in total. The van der Waals surface area contributed by atoms with Crippen LogP contribution in [0, 0.1) is 6.92 Å². The van der Waals surface area contributed by atoms with E-state index < -0.39 is 23.4 Å². The zero-order valence-electron chi connectivity index (χ0n) is 20.2. The van der Waals surface area contributed by atoms with Crippen LogP contribution in [0.5, 0.6) is 11.5 Å². The molecule has 0 saturated carbocycles. The van der Waals surface area contributed by atoms with Gasteiger partial charge in [-0.05, 0) is 56.6 Å². The first kappa shape index (κ1) is 32.8. The quantitative estimate of drug-likeness (QED) is 0.134. The van der Waals surface area contributed by atoms with Crippen LogP contribution in [-0.2, 0) is 30.0 Å². The van der Waals surface area contributed by atoms with Crippen molar-refractivity contribution in [3.8, 4) is 11.5 Å². The molecule has 0 spiro atoms. The van der Waals surface area contributed by atoms with Gasteiger partial charge in [-0.2, -0.15) is 15.2 Å². The van der Waals surface area contributed by atoms with Crippen molar-refractivity contribution in [2.24, 2.45) is 0 Å². The van der Waals surface area contributed by atoms with E-state index in [1.54, 1.807) is 30.3 Å². The Bertz CT molecular complexity index is 1020. The Morgan fingerprint density at radius 3 is 1.70 bits per heavy atom. The second kappa shape index (κ2) is 15.3. The summed E-state index contributed by atoms with van der Waals surface area (Å²) in [6.07, 6.45) is -3.63. The predicted octanol–water partition coefficient (Wildman–Crippen LogP) is 8.17. The zero-order chi connectivity index (χ0) is 28.1. The van der Waals surface area contributed by atoms with E-state index in [0.717, 1.165) is 12.0 Å². The molecule has 0 bridgehead atoms. The van der Waals surface area contributed by atoms with Crippen molar-refractivity contribution >= 4 is 14.3 Å². The Labute approximate surface area is 227 Å². The van der Waals surface area contributed by atoms with Gasteiger partial charge in [0.1, 0.15) is 11.5 Å². The van der Waals surface area contributed by atoms with E-state index in [1.807, 2.05) is 37.3 Å². The van der Waals surface area contributed by atoms with Gasteiger partial charge in [-0.25, -0.2) is 0 Å². The van der Waals surface area contributed by atoms with Crippen molar-refractivity contribution in [3.63, 3.8) is 0 Å². The van der Waals surface area contributed by atoms with Crippen molar-refractivity contribution in [2.45, 2.75) is 37.4 Å². The third-order valence-electron chi connectivity index (χ3n) is 4.91. The number of hydrogen-bond acceptors (Lipinski definition) is 2. The maximum atomic E-state index is 13.4. The summed E-state index contributed by atoms with van der Waals surface area (Å²) in [6, 6.07) is 20.4. The molecule has 2 unspecified atom stereocenters. The minimum Gasteiger partial charge on any atom is -0.676 e. The van der Waals surface area contributed by atoms with Gasteiger partial charge in [0.25, 0.3) is 0 Å². The van der Waals surface area contributed by atoms with Crippen LogP contribution < -0.4 is 9.47 Å². The molecule has 0 fully saturated rings. The summed E-state index contributed by atoms with van der Waals surface area (Å²) in [4.78, 5) is 0. The number of nitrogens with one attached hydrogen (secondary N) is 1. The summed E-state index contributed by atoms with van der Waals surface area (Å²) in [7, 11) is 1.28. The van der Waals surface area contributed by atoms with Crippen molar-refractivity contribution in [1.82, 2.24) is 0 Å². The summed E-state index contributed by atoms with van der Waals surface area (Å²) < 4.78 is 73.8. The molecular weight excluding hydrogens is 686 g/mol. The third-order valence-corrected chi connectivity index (χ3v) is 5.03. The van der Waals surface area contributed by atoms with Crippen LogP contribution in [0.25, 0.3) is 5.73 Å². The molecule has 0 saturated heterocycles.